The van der Waals surface area contributed by atoms with Crippen LogP contribution in [0, 0.1) is 5.92 Å². The van der Waals surface area contributed by atoms with Gasteiger partial charge in [0, 0.05) is 5.92 Å². The fourth-order valence-electron chi connectivity index (χ4n) is 4.28. The van der Waals surface area contributed by atoms with Gasteiger partial charge in [0.05, 0.1) is 34.1 Å². The van der Waals surface area contributed by atoms with Crippen LogP contribution < -0.4 is 24.3 Å². The van der Waals surface area contributed by atoms with Crippen LogP contribution in [0.2, 0.25) is 0 Å². The molecule has 7 nitrogen and oxygen atoms in total. The highest BCUT2D eigenvalue weighted by molar-refractivity contribution is 5.95. The highest BCUT2D eigenvalue weighted by atomic mass is 16.5. The molecule has 1 amide bonds. The van der Waals surface area contributed by atoms with E-state index in [-0.39, 0.29) is 11.8 Å². The van der Waals surface area contributed by atoms with Crippen molar-refractivity contribution in [2.45, 2.75) is 26.2 Å². The minimum Gasteiger partial charge on any atom is -0.495 e. The number of ether oxygens (including phenoxy) is 4. The lowest BCUT2D eigenvalue weighted by molar-refractivity contribution is -0.121. The first-order chi connectivity index (χ1) is 16.4. The van der Waals surface area contributed by atoms with Gasteiger partial charge in [-0.3, -0.25) is 4.79 Å². The summed E-state index contributed by atoms with van der Waals surface area (Å²) < 4.78 is 22.0. The maximum absolute atomic E-state index is 12.9. The normalized spacial score (nSPS) is 15.1. The number of methoxy groups -OCH3 is 4. The molecule has 184 valence electrons. The molecule has 0 saturated carbocycles. The first-order valence-electron chi connectivity index (χ1n) is 11.6. The van der Waals surface area contributed by atoms with E-state index in [4.69, 9.17) is 18.9 Å². The lowest BCUT2D eigenvalue weighted by Crippen LogP contribution is -2.35. The Morgan fingerprint density at radius 3 is 2.12 bits per heavy atom. The highest BCUT2D eigenvalue weighted by Gasteiger charge is 2.24. The SMILES string of the molecule is CCC(=Cc1ccc(OC)c(NC(=O)C2CCN(C)CC2)c1)c1cc(OC)c(OC)c(OC)c1. The summed E-state index contributed by atoms with van der Waals surface area (Å²) in [5.41, 5.74) is 3.72. The lowest BCUT2D eigenvalue weighted by atomic mass is 9.96. The van der Waals surface area contributed by atoms with Crippen molar-refractivity contribution in [1.82, 2.24) is 4.90 Å². The Bertz CT molecular complexity index is 1000. The minimum atomic E-state index is 0.0190. The molecule has 0 atom stereocenters. The van der Waals surface area contributed by atoms with Gasteiger partial charge >= 0.3 is 0 Å². The van der Waals surface area contributed by atoms with Crippen molar-refractivity contribution >= 4 is 23.2 Å². The Labute approximate surface area is 202 Å². The second-order valence-corrected chi connectivity index (χ2v) is 8.46. The van der Waals surface area contributed by atoms with E-state index in [9.17, 15) is 4.79 Å². The average Bonchev–Trinajstić information content (AvgIpc) is 2.86. The van der Waals surface area contributed by atoms with E-state index in [1.807, 2.05) is 30.3 Å². The van der Waals surface area contributed by atoms with Crippen molar-refractivity contribution < 1.29 is 23.7 Å². The van der Waals surface area contributed by atoms with Gasteiger partial charge in [0.25, 0.3) is 0 Å². The lowest BCUT2D eigenvalue weighted by Gasteiger charge is -2.28. The van der Waals surface area contributed by atoms with Crippen molar-refractivity contribution in [1.29, 1.82) is 0 Å². The van der Waals surface area contributed by atoms with Gasteiger partial charge in [-0.25, -0.2) is 0 Å². The summed E-state index contributed by atoms with van der Waals surface area (Å²) in [7, 11) is 8.52. The zero-order valence-electron chi connectivity index (χ0n) is 21.1. The second-order valence-electron chi connectivity index (χ2n) is 8.46. The third kappa shape index (κ3) is 5.83. The van der Waals surface area contributed by atoms with E-state index < -0.39 is 0 Å². The molecule has 1 heterocycles. The van der Waals surface area contributed by atoms with Crippen molar-refractivity contribution in [3.63, 3.8) is 0 Å². The summed E-state index contributed by atoms with van der Waals surface area (Å²) in [4.78, 5) is 15.2. The molecule has 0 unspecified atom stereocenters. The standard InChI is InChI=1S/C27H36N2O5/c1-7-19(21-16-24(32-4)26(34-6)25(17-21)33-5)14-18-8-9-23(31-3)22(15-18)28-27(30)20-10-12-29(2)13-11-20/h8-9,14-17,20H,7,10-13H2,1-6H3,(H,28,30). The molecule has 0 aromatic heterocycles. The van der Waals surface area contributed by atoms with Gasteiger partial charge < -0.3 is 29.2 Å². The summed E-state index contributed by atoms with van der Waals surface area (Å²) in [6.45, 7) is 3.97. The van der Waals surface area contributed by atoms with E-state index in [0.29, 0.717) is 28.7 Å². The number of rotatable bonds is 9. The Morgan fingerprint density at radius 2 is 1.59 bits per heavy atom. The number of carbonyl (C=O) groups excluding carboxylic acids is 1. The Balaban J connectivity index is 1.91. The van der Waals surface area contributed by atoms with Gasteiger partial charge in [-0.15, -0.1) is 0 Å². The van der Waals surface area contributed by atoms with Crippen LogP contribution in [-0.4, -0.2) is 59.4 Å². The van der Waals surface area contributed by atoms with Crippen LogP contribution in [0.4, 0.5) is 5.69 Å². The molecule has 1 aliphatic heterocycles. The maximum Gasteiger partial charge on any atom is 0.227 e. The smallest absolute Gasteiger partial charge is 0.227 e. The van der Waals surface area contributed by atoms with Gasteiger partial charge in [0.15, 0.2) is 11.5 Å². The van der Waals surface area contributed by atoms with Gasteiger partial charge in [0.1, 0.15) is 5.75 Å². The van der Waals surface area contributed by atoms with Gasteiger partial charge in [-0.2, -0.15) is 0 Å². The molecule has 2 aromatic carbocycles. The molecule has 1 aliphatic rings. The predicted octanol–water partition coefficient (Wildman–Crippen LogP) is 4.95. The highest BCUT2D eigenvalue weighted by Crippen LogP contribution is 2.41. The van der Waals surface area contributed by atoms with Crippen LogP contribution in [0.1, 0.15) is 37.3 Å². The molecule has 1 N–H and O–H groups in total. The van der Waals surface area contributed by atoms with Crippen molar-refractivity contribution in [2.24, 2.45) is 5.92 Å². The van der Waals surface area contributed by atoms with E-state index in [1.165, 1.54) is 0 Å². The van der Waals surface area contributed by atoms with E-state index in [0.717, 1.165) is 49.1 Å². The Hall–Kier alpha value is -3.19. The monoisotopic (exact) mass is 468 g/mol. The molecule has 7 heteroatoms. The summed E-state index contributed by atoms with van der Waals surface area (Å²) in [5.74, 6) is 2.49. The van der Waals surface area contributed by atoms with E-state index in [1.54, 1.807) is 28.4 Å². The maximum atomic E-state index is 12.9. The molecule has 3 rings (SSSR count). The van der Waals surface area contributed by atoms with Crippen molar-refractivity contribution in [2.75, 3.05) is 53.9 Å². The number of nitrogens with one attached hydrogen (secondary N) is 1. The summed E-state index contributed by atoms with van der Waals surface area (Å²) in [6.07, 6.45) is 4.63. The Kier molecular flexibility index (Phi) is 8.82. The number of hydrogen-bond donors (Lipinski definition) is 1. The van der Waals surface area contributed by atoms with Crippen LogP contribution in [0.3, 0.4) is 0 Å². The van der Waals surface area contributed by atoms with Crippen molar-refractivity contribution in [3.8, 4) is 23.0 Å². The number of nitrogens with zero attached hydrogens (tertiary/aromatic N) is 1. The van der Waals surface area contributed by atoms with Crippen LogP contribution in [0.25, 0.3) is 11.6 Å². The van der Waals surface area contributed by atoms with Crippen LogP contribution in [-0.2, 0) is 4.79 Å². The molecule has 34 heavy (non-hydrogen) atoms. The van der Waals surface area contributed by atoms with E-state index >= 15 is 0 Å². The number of anilines is 1. The fourth-order valence-corrected chi connectivity index (χ4v) is 4.28. The Morgan fingerprint density at radius 1 is 0.971 bits per heavy atom. The number of carbonyl (C=O) groups is 1. The number of amides is 1. The zero-order valence-corrected chi connectivity index (χ0v) is 21.1. The summed E-state index contributed by atoms with van der Waals surface area (Å²) in [6, 6.07) is 9.72. The van der Waals surface area contributed by atoms with Crippen molar-refractivity contribution in [3.05, 3.63) is 41.5 Å². The molecule has 1 saturated heterocycles. The third-order valence-electron chi connectivity index (χ3n) is 6.33. The molecule has 1 fully saturated rings. The number of likely N-dealkylation sites (tertiary alicyclic amines) is 1. The van der Waals surface area contributed by atoms with Crippen LogP contribution in [0.15, 0.2) is 30.3 Å². The van der Waals surface area contributed by atoms with Crippen LogP contribution >= 0.6 is 0 Å². The molecule has 2 aromatic rings. The first-order valence-corrected chi connectivity index (χ1v) is 11.6. The minimum absolute atomic E-state index is 0.0190. The molecule has 0 bridgehead atoms. The van der Waals surface area contributed by atoms with Gasteiger partial charge in [-0.1, -0.05) is 19.1 Å². The fraction of sp³-hybridized carbons (Fsp3) is 0.444. The largest absolute Gasteiger partial charge is 0.495 e. The molecular weight excluding hydrogens is 432 g/mol. The van der Waals surface area contributed by atoms with Gasteiger partial charge in [-0.05, 0) is 80.4 Å². The quantitative estimate of drug-likeness (QED) is 0.525. The number of benzene rings is 2. The number of hydrogen-bond acceptors (Lipinski definition) is 6. The van der Waals surface area contributed by atoms with Gasteiger partial charge in [0.2, 0.25) is 11.7 Å². The molecule has 0 radical (unpaired) electrons. The summed E-state index contributed by atoms with van der Waals surface area (Å²) >= 11 is 0. The second kappa shape index (κ2) is 11.8. The average molecular weight is 469 g/mol. The molecule has 0 spiro atoms. The zero-order chi connectivity index (χ0) is 24.7. The number of piperidine rings is 1. The summed E-state index contributed by atoms with van der Waals surface area (Å²) in [5, 5.41) is 3.10. The number of allylic oxidation sites excluding steroid dienone is 1. The predicted molar refractivity (Wildman–Crippen MR) is 136 cm³/mol. The first kappa shape index (κ1) is 25.4. The third-order valence-corrected chi connectivity index (χ3v) is 6.33. The topological polar surface area (TPSA) is 69.3 Å². The van der Waals surface area contributed by atoms with Crippen LogP contribution in [0.5, 0.6) is 23.0 Å². The molecule has 0 aliphatic carbocycles. The van der Waals surface area contributed by atoms with E-state index in [2.05, 4.69) is 30.3 Å². The molecular formula is C27H36N2O5.